The van der Waals surface area contributed by atoms with E-state index in [1.165, 1.54) is 47.9 Å². The van der Waals surface area contributed by atoms with Crippen molar-refractivity contribution >= 4 is 46.9 Å². The molecule has 0 unspecified atom stereocenters. The molecular weight excluding hydrogens is 552 g/mol. The number of carbonyl (C=O) groups is 6. The molecule has 15 nitrogen and oxygen atoms in total. The van der Waals surface area contributed by atoms with E-state index in [0.717, 1.165) is 0 Å². The lowest BCUT2D eigenvalue weighted by Gasteiger charge is -2.36. The van der Waals surface area contributed by atoms with Crippen LogP contribution < -0.4 is 21.3 Å². The Morgan fingerprint density at radius 3 is 2.19 bits per heavy atom. The maximum atomic E-state index is 14.0. The van der Waals surface area contributed by atoms with Gasteiger partial charge >= 0.3 is 5.97 Å². The number of rotatable bonds is 14. The first kappa shape index (κ1) is 33.6. The summed E-state index contributed by atoms with van der Waals surface area (Å²) >= 11 is 0. The molecule has 1 aromatic carbocycles. The van der Waals surface area contributed by atoms with Gasteiger partial charge < -0.3 is 26.4 Å². The third kappa shape index (κ3) is 8.97. The number of benzene rings is 1. The van der Waals surface area contributed by atoms with Crippen molar-refractivity contribution in [1.82, 2.24) is 15.5 Å². The highest BCUT2D eigenvalue weighted by atomic mass is 16.6. The molecule has 0 aliphatic carbocycles. The molecule has 15 heteroatoms. The second kappa shape index (κ2) is 14.9. The number of hydrogen-bond acceptors (Lipinski definition) is 8. The molecule has 0 spiro atoms. The summed E-state index contributed by atoms with van der Waals surface area (Å²) in [7, 11) is 0. The highest BCUT2D eigenvalue weighted by Gasteiger charge is 2.42. The lowest BCUT2D eigenvalue weighted by molar-refractivity contribution is -0.384. The first-order valence-electron chi connectivity index (χ1n) is 13.6. The summed E-state index contributed by atoms with van der Waals surface area (Å²) < 4.78 is 0. The topological polar surface area (TPSA) is 222 Å². The van der Waals surface area contributed by atoms with E-state index in [1.807, 2.05) is 13.8 Å². The second-order valence-corrected chi connectivity index (χ2v) is 10.6. The van der Waals surface area contributed by atoms with Gasteiger partial charge in [0.1, 0.15) is 24.2 Å². The van der Waals surface area contributed by atoms with Crippen molar-refractivity contribution in [1.29, 1.82) is 0 Å². The maximum absolute atomic E-state index is 14.0. The minimum absolute atomic E-state index is 0.0426. The Bertz CT molecular complexity index is 1200. The monoisotopic (exact) mass is 590 g/mol. The summed E-state index contributed by atoms with van der Waals surface area (Å²) in [6.07, 6.45) is 0.245. The van der Waals surface area contributed by atoms with Crippen LogP contribution in [0.5, 0.6) is 0 Å². The zero-order valence-electron chi connectivity index (χ0n) is 24.1. The average molecular weight is 591 g/mol. The van der Waals surface area contributed by atoms with Crippen LogP contribution in [-0.4, -0.2) is 81.1 Å². The van der Waals surface area contributed by atoms with Crippen LogP contribution in [0.25, 0.3) is 0 Å². The largest absolute Gasteiger partial charge is 0.481 e. The fourth-order valence-corrected chi connectivity index (χ4v) is 4.69. The van der Waals surface area contributed by atoms with Crippen LogP contribution in [0.4, 0.5) is 11.4 Å². The second-order valence-electron chi connectivity index (χ2n) is 10.6. The van der Waals surface area contributed by atoms with Crippen molar-refractivity contribution < 1.29 is 38.8 Å². The number of nitrogens with one attached hydrogen (secondary N) is 2. The summed E-state index contributed by atoms with van der Waals surface area (Å²) in [6, 6.07) is 0.903. The van der Waals surface area contributed by atoms with E-state index in [4.69, 9.17) is 10.8 Å². The molecule has 42 heavy (non-hydrogen) atoms. The summed E-state index contributed by atoms with van der Waals surface area (Å²) in [5.74, 6) is -4.44. The van der Waals surface area contributed by atoms with Gasteiger partial charge in [0.05, 0.1) is 11.3 Å². The number of hydrogen-bond donors (Lipinski definition) is 4. The van der Waals surface area contributed by atoms with Gasteiger partial charge in [-0.3, -0.25) is 43.8 Å². The Labute approximate surface area is 242 Å². The third-order valence-electron chi connectivity index (χ3n) is 6.80. The smallest absolute Gasteiger partial charge is 0.303 e. The summed E-state index contributed by atoms with van der Waals surface area (Å²) in [4.78, 5) is 88.1. The highest BCUT2D eigenvalue weighted by Crippen LogP contribution is 2.29. The predicted molar refractivity (Wildman–Crippen MR) is 150 cm³/mol. The Kier molecular flexibility index (Phi) is 11.9. The number of carbonyl (C=O) groups excluding carboxylic acids is 5. The molecular formula is C27H38N6O9. The van der Waals surface area contributed by atoms with Gasteiger partial charge in [-0.1, -0.05) is 13.8 Å². The molecule has 1 fully saturated rings. The van der Waals surface area contributed by atoms with Crippen molar-refractivity contribution in [2.45, 2.75) is 84.0 Å². The fourth-order valence-electron chi connectivity index (χ4n) is 4.69. The van der Waals surface area contributed by atoms with Crippen molar-refractivity contribution in [2.75, 3.05) is 11.4 Å². The molecule has 230 valence electrons. The molecule has 5 N–H and O–H groups in total. The van der Waals surface area contributed by atoms with Crippen LogP contribution in [-0.2, 0) is 28.8 Å². The number of likely N-dealkylation sites (tertiary alicyclic amines) is 1. The minimum Gasteiger partial charge on any atom is -0.481 e. The lowest BCUT2D eigenvalue weighted by Crippen LogP contribution is -2.58. The molecule has 1 heterocycles. The van der Waals surface area contributed by atoms with Gasteiger partial charge in [-0.05, 0) is 51.2 Å². The van der Waals surface area contributed by atoms with Crippen LogP contribution in [0.1, 0.15) is 59.8 Å². The number of nitro groups is 1. The molecule has 1 aromatic rings. The van der Waals surface area contributed by atoms with Crippen LogP contribution in [0, 0.1) is 16.0 Å². The summed E-state index contributed by atoms with van der Waals surface area (Å²) in [5.41, 5.74) is 5.71. The number of amides is 5. The number of primary amides is 1. The van der Waals surface area contributed by atoms with E-state index in [-0.39, 0.29) is 43.1 Å². The Morgan fingerprint density at radius 2 is 1.67 bits per heavy atom. The minimum atomic E-state index is -1.16. The van der Waals surface area contributed by atoms with Gasteiger partial charge in [-0.15, -0.1) is 0 Å². The number of carboxylic acids is 1. The standard InChI is InChI=1S/C27H38N6O9/c1-15(2)14-21(24(28)37)32(18-7-9-19(10-8-18)33(41)42)27(40)20-6-5-13-31(20)26(39)17(4)30-25(38)16(3)29-22(34)11-12-23(35)36/h7-10,15-17,20-21H,5-6,11-14H2,1-4H3,(H2,28,37)(H,29,34)(H,30,38)(H,35,36)/t16-,17-,20-,21-/m0/s1. The molecule has 0 radical (unpaired) electrons. The van der Waals surface area contributed by atoms with E-state index < -0.39 is 71.0 Å². The van der Waals surface area contributed by atoms with E-state index in [1.54, 1.807) is 0 Å². The van der Waals surface area contributed by atoms with Crippen LogP contribution >= 0.6 is 0 Å². The number of carboxylic acid groups (broad SMARTS) is 1. The maximum Gasteiger partial charge on any atom is 0.303 e. The Balaban J connectivity index is 2.25. The highest BCUT2D eigenvalue weighted by molar-refractivity contribution is 6.05. The molecule has 0 bridgehead atoms. The number of nitro benzene ring substituents is 1. The first-order valence-corrected chi connectivity index (χ1v) is 13.6. The van der Waals surface area contributed by atoms with Crippen molar-refractivity contribution in [3.63, 3.8) is 0 Å². The molecule has 2 rings (SSSR count). The van der Waals surface area contributed by atoms with E-state index in [0.29, 0.717) is 6.42 Å². The number of aliphatic carboxylic acids is 1. The first-order chi connectivity index (χ1) is 19.6. The normalized spacial score (nSPS) is 16.7. The molecule has 5 amide bonds. The summed E-state index contributed by atoms with van der Waals surface area (Å²) in [6.45, 7) is 6.71. The predicted octanol–water partition coefficient (Wildman–Crippen LogP) is 0.693. The van der Waals surface area contributed by atoms with Gasteiger partial charge in [-0.25, -0.2) is 0 Å². The average Bonchev–Trinajstić information content (AvgIpc) is 3.41. The number of anilines is 1. The quantitative estimate of drug-likeness (QED) is 0.176. The Hall–Kier alpha value is -4.56. The van der Waals surface area contributed by atoms with Crippen molar-refractivity contribution in [2.24, 2.45) is 11.7 Å². The molecule has 1 saturated heterocycles. The number of non-ortho nitro benzene ring substituents is 1. The molecule has 0 saturated carbocycles. The summed E-state index contributed by atoms with van der Waals surface area (Å²) in [5, 5.41) is 24.7. The molecule has 4 atom stereocenters. The molecule has 1 aliphatic heterocycles. The van der Waals surface area contributed by atoms with Crippen molar-refractivity contribution in [3.05, 3.63) is 34.4 Å². The van der Waals surface area contributed by atoms with Crippen LogP contribution in [0.3, 0.4) is 0 Å². The van der Waals surface area contributed by atoms with E-state index in [9.17, 15) is 38.9 Å². The van der Waals surface area contributed by atoms with E-state index >= 15 is 0 Å². The van der Waals surface area contributed by atoms with Crippen LogP contribution in [0.15, 0.2) is 24.3 Å². The van der Waals surface area contributed by atoms with Gasteiger partial charge in [0.25, 0.3) is 11.6 Å². The SMILES string of the molecule is CC(C)C[C@@H](C(N)=O)N(C(=O)[C@@H]1CCCN1C(=O)[C@H](C)NC(=O)[C@H](C)NC(=O)CCC(=O)O)c1ccc([N+](=O)[O-])cc1. The number of nitrogens with zero attached hydrogens (tertiary/aromatic N) is 3. The van der Waals surface area contributed by atoms with Gasteiger partial charge in [0.2, 0.25) is 23.6 Å². The van der Waals surface area contributed by atoms with E-state index in [2.05, 4.69) is 10.6 Å². The van der Waals surface area contributed by atoms with Crippen molar-refractivity contribution in [3.8, 4) is 0 Å². The molecule has 0 aromatic heterocycles. The zero-order chi connectivity index (χ0) is 31.7. The fraction of sp³-hybridized carbons (Fsp3) is 0.556. The molecule has 1 aliphatic rings. The Morgan fingerprint density at radius 1 is 1.05 bits per heavy atom. The van der Waals surface area contributed by atoms with Gasteiger partial charge in [0.15, 0.2) is 0 Å². The van der Waals surface area contributed by atoms with Gasteiger partial charge in [0, 0.05) is 30.8 Å². The third-order valence-corrected chi connectivity index (χ3v) is 6.80. The zero-order valence-corrected chi connectivity index (χ0v) is 24.1. The van der Waals surface area contributed by atoms with Crippen LogP contribution in [0.2, 0.25) is 0 Å². The lowest BCUT2D eigenvalue weighted by atomic mass is 9.99. The number of nitrogens with two attached hydrogens (primary N) is 1. The van der Waals surface area contributed by atoms with Gasteiger partial charge in [-0.2, -0.15) is 0 Å².